The number of aryl methyl sites for hydroxylation is 2. The summed E-state index contributed by atoms with van der Waals surface area (Å²) in [5.74, 6) is 0. The fourth-order valence-electron chi connectivity index (χ4n) is 3.65. The van der Waals surface area contributed by atoms with Gasteiger partial charge in [-0.2, -0.15) is 12.7 Å². The molecule has 0 aliphatic carbocycles. The lowest BCUT2D eigenvalue weighted by Gasteiger charge is -2.05. The number of benzene rings is 1. The standard InChI is InChI=1S/C24H40N3O2S.ClH/c1-5-6-7-8-9-10-11-12-13-14-19-26-21-27(30(28,29)25(3)4)20-24(26)23-17-15-22(2)16-18-23;/h15-18,20-21H,5-14,19H2,1-4H3;1H/q+1;/p-1. The lowest BCUT2D eigenvalue weighted by atomic mass is 10.1. The molecule has 2 rings (SSSR count). The van der Waals surface area contributed by atoms with Gasteiger partial charge < -0.3 is 12.4 Å². The molecule has 1 aromatic carbocycles. The van der Waals surface area contributed by atoms with Gasteiger partial charge >= 0.3 is 10.2 Å². The lowest BCUT2D eigenvalue weighted by molar-refractivity contribution is -0.514. The average Bonchev–Trinajstić information content (AvgIpc) is 3.15. The molecular weight excluding hydrogens is 430 g/mol. The van der Waals surface area contributed by atoms with Crippen molar-refractivity contribution in [3.63, 3.8) is 0 Å². The van der Waals surface area contributed by atoms with E-state index in [1.807, 2.05) is 0 Å². The van der Waals surface area contributed by atoms with E-state index in [0.29, 0.717) is 0 Å². The quantitative estimate of drug-likeness (QED) is 0.315. The van der Waals surface area contributed by atoms with Gasteiger partial charge in [-0.15, -0.1) is 3.97 Å². The molecule has 0 saturated carbocycles. The summed E-state index contributed by atoms with van der Waals surface area (Å²) in [6.07, 6.45) is 16.4. The fraction of sp³-hybridized carbons (Fsp3) is 0.625. The molecule has 31 heavy (non-hydrogen) atoms. The minimum atomic E-state index is -3.52. The van der Waals surface area contributed by atoms with E-state index in [1.54, 1.807) is 26.6 Å². The minimum absolute atomic E-state index is 0. The van der Waals surface area contributed by atoms with E-state index in [-0.39, 0.29) is 12.4 Å². The molecule has 2 aromatic rings. The summed E-state index contributed by atoms with van der Waals surface area (Å²) in [5, 5.41) is 0. The molecule has 0 spiro atoms. The van der Waals surface area contributed by atoms with Gasteiger partial charge in [0.1, 0.15) is 0 Å². The maximum Gasteiger partial charge on any atom is 0.379 e. The van der Waals surface area contributed by atoms with Gasteiger partial charge in [-0.3, -0.25) is 0 Å². The van der Waals surface area contributed by atoms with Crippen LogP contribution in [0.4, 0.5) is 0 Å². The summed E-state index contributed by atoms with van der Waals surface area (Å²) < 4.78 is 29.9. The number of hydrogen-bond donors (Lipinski definition) is 0. The second-order valence-corrected chi connectivity index (χ2v) is 10.5. The molecule has 1 heterocycles. The van der Waals surface area contributed by atoms with Gasteiger partial charge in [-0.1, -0.05) is 88.1 Å². The fourth-order valence-corrected chi connectivity index (χ4v) is 4.50. The Labute approximate surface area is 196 Å². The largest absolute Gasteiger partial charge is 1.00 e. The third kappa shape index (κ3) is 8.59. The molecule has 0 N–H and O–H groups in total. The molecule has 0 amide bonds. The summed E-state index contributed by atoms with van der Waals surface area (Å²) in [7, 11) is -0.392. The topological polar surface area (TPSA) is 46.2 Å². The summed E-state index contributed by atoms with van der Waals surface area (Å²) in [5.41, 5.74) is 3.18. The third-order valence-electron chi connectivity index (χ3n) is 5.64. The molecule has 0 aliphatic rings. The predicted octanol–water partition coefficient (Wildman–Crippen LogP) is 2.33. The Kier molecular flexibility index (Phi) is 12.4. The highest BCUT2D eigenvalue weighted by molar-refractivity contribution is 7.82. The molecule has 0 saturated heterocycles. The van der Waals surface area contributed by atoms with Crippen molar-refractivity contribution in [2.75, 3.05) is 14.1 Å². The van der Waals surface area contributed by atoms with E-state index in [4.69, 9.17) is 0 Å². The van der Waals surface area contributed by atoms with Crippen LogP contribution < -0.4 is 16.4 Å². The number of rotatable bonds is 14. The molecular formula is C24H40ClN3O2S. The van der Waals surface area contributed by atoms with Crippen LogP contribution in [0.3, 0.4) is 0 Å². The molecule has 176 valence electrons. The van der Waals surface area contributed by atoms with E-state index in [0.717, 1.165) is 24.2 Å². The second kappa shape index (κ2) is 13.9. The number of aromatic nitrogens is 2. The normalized spacial score (nSPS) is 11.6. The predicted molar refractivity (Wildman–Crippen MR) is 125 cm³/mol. The molecule has 0 radical (unpaired) electrons. The van der Waals surface area contributed by atoms with Gasteiger partial charge in [0.2, 0.25) is 0 Å². The van der Waals surface area contributed by atoms with Crippen LogP contribution in [0.2, 0.25) is 0 Å². The Morgan fingerprint density at radius 3 is 1.90 bits per heavy atom. The minimum Gasteiger partial charge on any atom is -1.00 e. The van der Waals surface area contributed by atoms with Crippen LogP contribution in [0.5, 0.6) is 0 Å². The number of hydrogen-bond acceptors (Lipinski definition) is 2. The zero-order valence-electron chi connectivity index (χ0n) is 19.7. The first-order valence-electron chi connectivity index (χ1n) is 11.5. The second-order valence-electron chi connectivity index (χ2n) is 8.49. The van der Waals surface area contributed by atoms with E-state index in [9.17, 15) is 8.42 Å². The maximum absolute atomic E-state index is 12.6. The summed E-state index contributed by atoms with van der Waals surface area (Å²) in [4.78, 5) is 0. The van der Waals surface area contributed by atoms with Crippen molar-refractivity contribution in [3.05, 3.63) is 42.4 Å². The van der Waals surface area contributed by atoms with Gasteiger partial charge in [0.15, 0.2) is 11.9 Å². The first-order chi connectivity index (χ1) is 14.4. The average molecular weight is 470 g/mol. The Balaban J connectivity index is 0.00000480. The van der Waals surface area contributed by atoms with Gasteiger partial charge in [0, 0.05) is 19.7 Å². The molecule has 0 aliphatic heterocycles. The lowest BCUT2D eigenvalue weighted by Crippen LogP contribution is -3.00. The van der Waals surface area contributed by atoms with E-state index in [2.05, 4.69) is 42.7 Å². The third-order valence-corrected chi connectivity index (χ3v) is 7.30. The van der Waals surface area contributed by atoms with Crippen molar-refractivity contribution >= 4 is 10.2 Å². The summed E-state index contributed by atoms with van der Waals surface area (Å²) in [6.45, 7) is 5.14. The van der Waals surface area contributed by atoms with Crippen LogP contribution in [0.1, 0.15) is 76.7 Å². The Hall–Kier alpha value is -1.37. The Morgan fingerprint density at radius 2 is 1.39 bits per heavy atom. The SMILES string of the molecule is CCCCCCCCCCCCn1c[n+](S(=O)(=O)N(C)C)cc1-c1ccc(C)cc1.[Cl-]. The number of nitrogens with zero attached hydrogens (tertiary/aromatic N) is 3. The molecule has 0 unspecified atom stereocenters. The maximum atomic E-state index is 12.6. The van der Waals surface area contributed by atoms with Gasteiger partial charge in [-0.05, 0) is 19.8 Å². The molecule has 0 fully saturated rings. The van der Waals surface area contributed by atoms with Gasteiger partial charge in [-0.25, -0.2) is 4.57 Å². The van der Waals surface area contributed by atoms with Crippen molar-refractivity contribution in [2.45, 2.75) is 84.6 Å². The first kappa shape index (κ1) is 27.7. The molecule has 7 heteroatoms. The Morgan fingerprint density at radius 1 is 0.871 bits per heavy atom. The number of unbranched alkanes of at least 4 members (excludes halogenated alkanes) is 9. The van der Waals surface area contributed by atoms with Gasteiger partial charge in [0.05, 0.1) is 6.54 Å². The first-order valence-corrected chi connectivity index (χ1v) is 12.9. The van der Waals surface area contributed by atoms with Crippen molar-refractivity contribution in [1.82, 2.24) is 8.87 Å². The van der Waals surface area contributed by atoms with Crippen molar-refractivity contribution in [3.8, 4) is 11.3 Å². The smallest absolute Gasteiger partial charge is 0.379 e. The van der Waals surface area contributed by atoms with Gasteiger partial charge in [0.25, 0.3) is 6.33 Å². The van der Waals surface area contributed by atoms with Crippen LogP contribution in [0.15, 0.2) is 36.8 Å². The molecule has 0 atom stereocenters. The summed E-state index contributed by atoms with van der Waals surface area (Å²) >= 11 is 0. The van der Waals surface area contributed by atoms with Crippen LogP contribution in [0, 0.1) is 6.92 Å². The number of halogens is 1. The highest BCUT2D eigenvalue weighted by Gasteiger charge is 2.26. The molecule has 0 bridgehead atoms. The van der Waals surface area contributed by atoms with Crippen molar-refractivity contribution in [1.29, 1.82) is 0 Å². The van der Waals surface area contributed by atoms with E-state index >= 15 is 0 Å². The highest BCUT2D eigenvalue weighted by Crippen LogP contribution is 2.20. The van der Waals surface area contributed by atoms with Crippen molar-refractivity contribution < 1.29 is 24.8 Å². The van der Waals surface area contributed by atoms with Crippen LogP contribution >= 0.6 is 0 Å². The van der Waals surface area contributed by atoms with E-state index in [1.165, 1.54) is 71.6 Å². The zero-order chi connectivity index (χ0) is 22.0. The Bertz CT molecular complexity index is 861. The van der Waals surface area contributed by atoms with Crippen LogP contribution in [0.25, 0.3) is 11.3 Å². The highest BCUT2D eigenvalue weighted by atomic mass is 35.5. The van der Waals surface area contributed by atoms with Crippen molar-refractivity contribution in [2.24, 2.45) is 0 Å². The number of imidazole rings is 1. The van der Waals surface area contributed by atoms with E-state index < -0.39 is 10.2 Å². The van der Waals surface area contributed by atoms with Crippen LogP contribution in [-0.4, -0.2) is 31.4 Å². The molecule has 5 nitrogen and oxygen atoms in total. The monoisotopic (exact) mass is 469 g/mol. The molecule has 1 aromatic heterocycles. The zero-order valence-corrected chi connectivity index (χ0v) is 21.3. The summed E-state index contributed by atoms with van der Waals surface area (Å²) in [6, 6.07) is 8.26. The van der Waals surface area contributed by atoms with Crippen LogP contribution in [-0.2, 0) is 16.8 Å².